The third kappa shape index (κ3) is 3.52. The van der Waals surface area contributed by atoms with Gasteiger partial charge in [0, 0.05) is 17.2 Å². The zero-order valence-corrected chi connectivity index (χ0v) is 15.0. The van der Waals surface area contributed by atoms with Gasteiger partial charge in [0.1, 0.15) is 0 Å². The van der Waals surface area contributed by atoms with Crippen LogP contribution in [0.2, 0.25) is 0 Å². The standard InChI is InChI=1S/C17H17N3O2S2/c1-3-20-15(14-9-4-11(2)24-14)18-19-17(20)23-10-12-5-7-13(8-6-12)16(21)22/h4-9H,3,10H2,1-2H3,(H,21,22). The first-order valence-corrected chi connectivity index (χ1v) is 9.33. The number of thioether (sulfide) groups is 1. The van der Waals surface area contributed by atoms with Crippen LogP contribution >= 0.6 is 23.1 Å². The van der Waals surface area contributed by atoms with Crippen molar-refractivity contribution in [2.24, 2.45) is 0 Å². The molecule has 0 unspecified atom stereocenters. The second-order valence-electron chi connectivity index (χ2n) is 5.25. The lowest BCUT2D eigenvalue weighted by Crippen LogP contribution is -1.99. The Morgan fingerprint density at radius 2 is 1.96 bits per heavy atom. The lowest BCUT2D eigenvalue weighted by atomic mass is 10.1. The fourth-order valence-electron chi connectivity index (χ4n) is 2.31. The van der Waals surface area contributed by atoms with Gasteiger partial charge in [-0.15, -0.1) is 21.5 Å². The molecule has 0 spiro atoms. The van der Waals surface area contributed by atoms with Crippen molar-refractivity contribution in [3.05, 3.63) is 52.4 Å². The predicted octanol–water partition coefficient (Wildman–Crippen LogP) is 4.33. The average Bonchev–Trinajstić information content (AvgIpc) is 3.18. The Bertz CT molecular complexity index is 853. The van der Waals surface area contributed by atoms with Crippen LogP contribution in [0.1, 0.15) is 27.7 Å². The molecule has 24 heavy (non-hydrogen) atoms. The van der Waals surface area contributed by atoms with E-state index in [1.54, 1.807) is 35.2 Å². The lowest BCUT2D eigenvalue weighted by molar-refractivity contribution is 0.0697. The van der Waals surface area contributed by atoms with Crippen LogP contribution in [0.15, 0.2) is 41.6 Å². The summed E-state index contributed by atoms with van der Waals surface area (Å²) >= 11 is 3.32. The van der Waals surface area contributed by atoms with E-state index >= 15 is 0 Å². The van der Waals surface area contributed by atoms with E-state index in [4.69, 9.17) is 5.11 Å². The van der Waals surface area contributed by atoms with Gasteiger partial charge in [-0.25, -0.2) is 4.79 Å². The van der Waals surface area contributed by atoms with Gasteiger partial charge in [0.2, 0.25) is 0 Å². The fraction of sp³-hybridized carbons (Fsp3) is 0.235. The summed E-state index contributed by atoms with van der Waals surface area (Å²) in [6.45, 7) is 4.97. The topological polar surface area (TPSA) is 68.0 Å². The highest BCUT2D eigenvalue weighted by atomic mass is 32.2. The predicted molar refractivity (Wildman–Crippen MR) is 96.7 cm³/mol. The van der Waals surface area contributed by atoms with Crippen LogP contribution in [0.3, 0.4) is 0 Å². The van der Waals surface area contributed by atoms with Gasteiger partial charge >= 0.3 is 5.97 Å². The van der Waals surface area contributed by atoms with Gasteiger partial charge in [-0.1, -0.05) is 23.9 Å². The minimum Gasteiger partial charge on any atom is -0.478 e. The molecule has 0 bridgehead atoms. The van der Waals surface area contributed by atoms with Gasteiger partial charge in [-0.3, -0.25) is 0 Å². The molecule has 2 aromatic heterocycles. The maximum Gasteiger partial charge on any atom is 0.335 e. The second kappa shape index (κ2) is 7.19. The van der Waals surface area contributed by atoms with Gasteiger partial charge < -0.3 is 9.67 Å². The Balaban J connectivity index is 1.76. The summed E-state index contributed by atoms with van der Waals surface area (Å²) in [6, 6.07) is 11.1. The molecule has 0 atom stereocenters. The van der Waals surface area contributed by atoms with Crippen molar-refractivity contribution in [3.8, 4) is 10.7 Å². The first-order chi connectivity index (χ1) is 11.6. The number of aromatic carboxylic acids is 1. The third-order valence-corrected chi connectivity index (χ3v) is 5.60. The Labute approximate surface area is 148 Å². The van der Waals surface area contributed by atoms with Gasteiger partial charge in [-0.05, 0) is 43.7 Å². The molecule has 1 N–H and O–H groups in total. The number of rotatable bonds is 6. The van der Waals surface area contributed by atoms with Crippen LogP contribution in [0.4, 0.5) is 0 Å². The molecule has 0 aliphatic rings. The maximum atomic E-state index is 10.9. The summed E-state index contributed by atoms with van der Waals surface area (Å²) in [5.41, 5.74) is 1.36. The molecule has 3 aromatic rings. The van der Waals surface area contributed by atoms with Crippen molar-refractivity contribution >= 4 is 29.1 Å². The smallest absolute Gasteiger partial charge is 0.335 e. The Kier molecular flexibility index (Phi) is 5.01. The van der Waals surface area contributed by atoms with Gasteiger partial charge in [0.25, 0.3) is 0 Å². The molecule has 2 heterocycles. The molecule has 5 nitrogen and oxygen atoms in total. The van der Waals surface area contributed by atoms with Crippen LogP contribution < -0.4 is 0 Å². The second-order valence-corrected chi connectivity index (χ2v) is 7.48. The molecule has 0 saturated heterocycles. The summed E-state index contributed by atoms with van der Waals surface area (Å²) in [5.74, 6) is 0.719. The van der Waals surface area contributed by atoms with Gasteiger partial charge in [0.15, 0.2) is 11.0 Å². The van der Waals surface area contributed by atoms with Crippen LogP contribution in [0, 0.1) is 6.92 Å². The minimum absolute atomic E-state index is 0.302. The number of carbonyl (C=O) groups is 1. The molecule has 0 amide bonds. The van der Waals surface area contributed by atoms with Crippen molar-refractivity contribution in [2.45, 2.75) is 31.3 Å². The normalized spacial score (nSPS) is 10.9. The highest BCUT2D eigenvalue weighted by molar-refractivity contribution is 7.98. The first-order valence-electron chi connectivity index (χ1n) is 7.53. The van der Waals surface area contributed by atoms with Crippen molar-refractivity contribution in [2.75, 3.05) is 0 Å². The van der Waals surface area contributed by atoms with Crippen LogP contribution in [0.25, 0.3) is 10.7 Å². The fourth-order valence-corrected chi connectivity index (χ4v) is 4.13. The molecule has 7 heteroatoms. The molecule has 1 aromatic carbocycles. The van der Waals surface area contributed by atoms with Crippen molar-refractivity contribution in [1.29, 1.82) is 0 Å². The number of carboxylic acids is 1. The van der Waals surface area contributed by atoms with Crippen LogP contribution in [-0.2, 0) is 12.3 Å². The highest BCUT2D eigenvalue weighted by Crippen LogP contribution is 2.30. The van der Waals surface area contributed by atoms with E-state index in [2.05, 4.69) is 40.7 Å². The van der Waals surface area contributed by atoms with E-state index in [0.29, 0.717) is 5.56 Å². The SMILES string of the molecule is CCn1c(SCc2ccc(C(=O)O)cc2)nnc1-c1ccc(C)s1. The summed E-state index contributed by atoms with van der Waals surface area (Å²) in [5, 5.41) is 18.5. The molecule has 0 fully saturated rings. The monoisotopic (exact) mass is 359 g/mol. The number of benzene rings is 1. The maximum absolute atomic E-state index is 10.9. The quantitative estimate of drug-likeness (QED) is 0.664. The highest BCUT2D eigenvalue weighted by Gasteiger charge is 2.14. The number of thiophene rings is 1. The number of hydrogen-bond donors (Lipinski definition) is 1. The van der Waals surface area contributed by atoms with Crippen molar-refractivity contribution in [1.82, 2.24) is 14.8 Å². The minimum atomic E-state index is -0.907. The average molecular weight is 359 g/mol. The summed E-state index contributed by atoms with van der Waals surface area (Å²) in [4.78, 5) is 13.3. The third-order valence-electron chi connectivity index (χ3n) is 3.56. The summed E-state index contributed by atoms with van der Waals surface area (Å²) in [6.07, 6.45) is 0. The Morgan fingerprint density at radius 1 is 1.21 bits per heavy atom. The van der Waals surface area contributed by atoms with Crippen LogP contribution in [0.5, 0.6) is 0 Å². The number of aryl methyl sites for hydroxylation is 1. The van der Waals surface area contributed by atoms with E-state index < -0.39 is 5.97 Å². The number of hydrogen-bond acceptors (Lipinski definition) is 5. The Hall–Kier alpha value is -2.12. The largest absolute Gasteiger partial charge is 0.478 e. The van der Waals surface area contributed by atoms with E-state index in [9.17, 15) is 4.79 Å². The molecule has 0 aliphatic heterocycles. The molecule has 0 saturated carbocycles. The molecule has 124 valence electrons. The molecular formula is C17H17N3O2S2. The molecule has 0 radical (unpaired) electrons. The zero-order valence-electron chi connectivity index (χ0n) is 13.4. The number of aromatic nitrogens is 3. The van der Waals surface area contributed by atoms with Crippen molar-refractivity contribution < 1.29 is 9.90 Å². The van der Waals surface area contributed by atoms with E-state index in [0.717, 1.165) is 33.7 Å². The summed E-state index contributed by atoms with van der Waals surface area (Å²) < 4.78 is 2.11. The van der Waals surface area contributed by atoms with Crippen LogP contribution in [-0.4, -0.2) is 25.8 Å². The molecule has 3 rings (SSSR count). The number of carboxylic acid groups (broad SMARTS) is 1. The Morgan fingerprint density at radius 3 is 2.54 bits per heavy atom. The molecular weight excluding hydrogens is 342 g/mol. The zero-order chi connectivity index (χ0) is 17.1. The first kappa shape index (κ1) is 16.7. The summed E-state index contributed by atoms with van der Waals surface area (Å²) in [7, 11) is 0. The van der Waals surface area contributed by atoms with Gasteiger partial charge in [-0.2, -0.15) is 0 Å². The van der Waals surface area contributed by atoms with Gasteiger partial charge in [0.05, 0.1) is 10.4 Å². The molecule has 0 aliphatic carbocycles. The van der Waals surface area contributed by atoms with E-state index in [-0.39, 0.29) is 0 Å². The number of nitrogens with zero attached hydrogens (tertiary/aromatic N) is 3. The van der Waals surface area contributed by atoms with Crippen molar-refractivity contribution in [3.63, 3.8) is 0 Å². The van der Waals surface area contributed by atoms with E-state index in [1.807, 2.05) is 12.1 Å². The lowest BCUT2D eigenvalue weighted by Gasteiger charge is -2.06. The van der Waals surface area contributed by atoms with E-state index in [1.165, 1.54) is 4.88 Å².